The van der Waals surface area contributed by atoms with E-state index in [2.05, 4.69) is 38.8 Å². The summed E-state index contributed by atoms with van der Waals surface area (Å²) in [6.45, 7) is 13.4. The molecule has 0 aromatic carbocycles. The normalized spacial score (nSPS) is 26.2. The number of hydrogen-bond donors (Lipinski definition) is 0. The third-order valence-electron chi connectivity index (χ3n) is 12.1. The summed E-state index contributed by atoms with van der Waals surface area (Å²) in [6, 6.07) is 2.49. The van der Waals surface area contributed by atoms with Gasteiger partial charge in [0.05, 0.1) is 28.5 Å². The summed E-state index contributed by atoms with van der Waals surface area (Å²) in [5.41, 5.74) is 3.17. The molecule has 2 saturated heterocycles. The van der Waals surface area contributed by atoms with Crippen LogP contribution in [-0.2, 0) is 36.8 Å². The molecule has 0 bridgehead atoms. The van der Waals surface area contributed by atoms with E-state index in [1.807, 2.05) is 0 Å². The number of nitrogens with zero attached hydrogens (tertiary/aromatic N) is 2. The van der Waals surface area contributed by atoms with Crippen LogP contribution in [0.4, 0.5) is 13.2 Å². The Morgan fingerprint density at radius 1 is 0.978 bits per heavy atom. The maximum atomic E-state index is 15.0. The second kappa shape index (κ2) is 11.3. The van der Waals surface area contributed by atoms with Gasteiger partial charge in [-0.3, -0.25) is 4.98 Å². The first-order chi connectivity index (χ1) is 21.6. The van der Waals surface area contributed by atoms with E-state index in [1.165, 1.54) is 10.8 Å². The third-order valence-corrected chi connectivity index (χ3v) is 16.6. The van der Waals surface area contributed by atoms with Crippen LogP contribution in [0.15, 0.2) is 18.3 Å². The molecule has 0 radical (unpaired) electrons. The minimum absolute atomic E-state index is 0.0322. The molecule has 5 heterocycles. The number of ether oxygens (including phenoxy) is 3. The number of aromatic nitrogens is 2. The quantitative estimate of drug-likeness (QED) is 0.188. The molecule has 0 amide bonds. The Bertz CT molecular complexity index is 1470. The van der Waals surface area contributed by atoms with Crippen LogP contribution < -0.4 is 4.73 Å². The summed E-state index contributed by atoms with van der Waals surface area (Å²) in [7, 11) is -2.29. The largest absolute Gasteiger partial charge is 0.618 e. The summed E-state index contributed by atoms with van der Waals surface area (Å²) in [4.78, 5) is 4.35. The molecule has 3 aliphatic heterocycles. The van der Waals surface area contributed by atoms with E-state index in [9.17, 15) is 13.2 Å². The van der Waals surface area contributed by atoms with Crippen molar-refractivity contribution in [1.82, 2.24) is 4.98 Å². The highest BCUT2D eigenvalue weighted by Crippen LogP contribution is 2.61. The summed E-state index contributed by atoms with van der Waals surface area (Å²) in [6.07, 6.45) is 2.84. The van der Waals surface area contributed by atoms with Gasteiger partial charge in [-0.25, -0.2) is 0 Å². The molecule has 7 rings (SSSR count). The zero-order valence-corrected chi connectivity index (χ0v) is 28.7. The fraction of sp³-hybridized carbons (Fsp3) is 0.714. The molecular formula is C35H47F3N2O5Si. The molecule has 2 spiro atoms. The maximum Gasteiger partial charge on any atom is 0.417 e. The van der Waals surface area contributed by atoms with Gasteiger partial charge in [0.2, 0.25) is 5.69 Å². The third kappa shape index (κ3) is 5.32. The first-order valence-corrected chi connectivity index (χ1v) is 19.9. The van der Waals surface area contributed by atoms with Gasteiger partial charge in [-0.1, -0.05) is 27.2 Å². The Hall–Kier alpha value is -2.05. The Morgan fingerprint density at radius 2 is 1.65 bits per heavy atom. The summed E-state index contributed by atoms with van der Waals surface area (Å²) in [5, 5.41) is 15.0. The molecule has 0 N–H and O–H groups in total. The number of rotatable bonds is 4. The average molecular weight is 661 g/mol. The summed E-state index contributed by atoms with van der Waals surface area (Å²) in [5.74, 6) is -0.0557. The Labute approximate surface area is 270 Å². The number of pyridine rings is 2. The molecule has 2 aliphatic carbocycles. The zero-order valence-electron chi connectivity index (χ0n) is 27.7. The van der Waals surface area contributed by atoms with E-state index in [4.69, 9.17) is 18.6 Å². The fourth-order valence-corrected chi connectivity index (χ4v) is 9.64. The molecule has 5 aliphatic rings. The first kappa shape index (κ1) is 32.5. The van der Waals surface area contributed by atoms with Crippen LogP contribution in [0, 0.1) is 10.6 Å². The highest BCUT2D eigenvalue weighted by atomic mass is 28.4. The molecule has 11 heteroatoms. The molecule has 1 unspecified atom stereocenters. The number of fused-ring (bicyclic) bond motifs is 4. The fourth-order valence-electron chi connectivity index (χ4n) is 8.37. The van der Waals surface area contributed by atoms with Crippen molar-refractivity contribution < 1.29 is 36.5 Å². The minimum Gasteiger partial charge on any atom is -0.618 e. The maximum absolute atomic E-state index is 15.0. The smallest absolute Gasteiger partial charge is 0.417 e. The van der Waals surface area contributed by atoms with Crippen LogP contribution in [0.25, 0.3) is 0 Å². The van der Waals surface area contributed by atoms with Crippen LogP contribution in [0.5, 0.6) is 0 Å². The lowest BCUT2D eigenvalue weighted by Crippen LogP contribution is -2.52. The predicted molar refractivity (Wildman–Crippen MR) is 168 cm³/mol. The minimum atomic E-state index is -4.50. The van der Waals surface area contributed by atoms with Crippen LogP contribution in [-0.4, -0.2) is 39.7 Å². The predicted octanol–water partition coefficient (Wildman–Crippen LogP) is 7.93. The second-order valence-corrected chi connectivity index (χ2v) is 20.6. The molecule has 2 aromatic heterocycles. The zero-order chi connectivity index (χ0) is 32.7. The van der Waals surface area contributed by atoms with Gasteiger partial charge in [0.1, 0.15) is 11.7 Å². The highest BCUT2D eigenvalue weighted by molar-refractivity contribution is 6.74. The van der Waals surface area contributed by atoms with Crippen LogP contribution in [0.3, 0.4) is 0 Å². The van der Waals surface area contributed by atoms with Crippen molar-refractivity contribution in [1.29, 1.82) is 0 Å². The molecule has 46 heavy (non-hydrogen) atoms. The van der Waals surface area contributed by atoms with Crippen LogP contribution in [0.1, 0.15) is 130 Å². The van der Waals surface area contributed by atoms with E-state index >= 15 is 5.21 Å². The van der Waals surface area contributed by atoms with E-state index in [-0.39, 0.29) is 22.5 Å². The van der Waals surface area contributed by atoms with Gasteiger partial charge in [0.15, 0.2) is 14.0 Å². The Morgan fingerprint density at radius 3 is 2.22 bits per heavy atom. The molecule has 1 saturated carbocycles. The van der Waals surface area contributed by atoms with Crippen molar-refractivity contribution in [3.63, 3.8) is 0 Å². The van der Waals surface area contributed by atoms with Gasteiger partial charge < -0.3 is 23.8 Å². The molecule has 3 fully saturated rings. The van der Waals surface area contributed by atoms with Crippen molar-refractivity contribution in [3.8, 4) is 0 Å². The van der Waals surface area contributed by atoms with E-state index in [0.717, 1.165) is 60.3 Å². The molecule has 252 valence electrons. The van der Waals surface area contributed by atoms with E-state index < -0.39 is 31.8 Å². The van der Waals surface area contributed by atoms with E-state index in [0.29, 0.717) is 69.9 Å². The lowest BCUT2D eigenvalue weighted by molar-refractivity contribution is -0.627. The summed E-state index contributed by atoms with van der Waals surface area (Å²) >= 11 is 0. The Kier molecular flexibility index (Phi) is 7.95. The van der Waals surface area contributed by atoms with Gasteiger partial charge in [0, 0.05) is 63.4 Å². The number of hydrogen-bond acceptors (Lipinski definition) is 6. The SMILES string of the molecule is CC(C)(C)[Si](C)(C)OC1CC2(CCC2)Cc2c1c1c(c(C3CCOCC3)[n+]2[O-])[C@@H](c2ccc(C(F)(F)F)cn2)OC12CCOCC2. The van der Waals surface area contributed by atoms with Crippen molar-refractivity contribution in [3.05, 3.63) is 62.9 Å². The topological polar surface area (TPSA) is 76.8 Å². The van der Waals surface area contributed by atoms with Gasteiger partial charge in [0.25, 0.3) is 0 Å². The number of halogens is 3. The average Bonchev–Trinajstić information content (AvgIpc) is 3.29. The molecule has 2 atom stereocenters. The van der Waals surface area contributed by atoms with Crippen LogP contribution in [0.2, 0.25) is 18.1 Å². The monoisotopic (exact) mass is 660 g/mol. The number of alkyl halides is 3. The van der Waals surface area contributed by atoms with Crippen molar-refractivity contribution in [2.24, 2.45) is 5.41 Å². The lowest BCUT2D eigenvalue weighted by atomic mass is 9.58. The van der Waals surface area contributed by atoms with Crippen molar-refractivity contribution in [2.75, 3.05) is 26.4 Å². The highest BCUT2D eigenvalue weighted by Gasteiger charge is 2.58. The lowest BCUT2D eigenvalue weighted by Gasteiger charge is -2.50. The Balaban J connectivity index is 1.49. The van der Waals surface area contributed by atoms with Gasteiger partial charge in [-0.05, 0) is 67.8 Å². The van der Waals surface area contributed by atoms with Crippen LogP contribution >= 0.6 is 0 Å². The summed E-state index contributed by atoms with van der Waals surface area (Å²) < 4.78 is 68.0. The standard InChI is InChI=1S/C35H47F3N2O5Si/c1-32(2,3)46(4,5)45-26-20-33(11-6-12-33)19-25-27(26)29-28(30(40(25)41)22-9-15-42-16-10-22)31(44-34(29)13-17-43-18-14-34)24-8-7-23(21-39-24)35(36,37)38/h7-8,21-22,26,31H,6,9-20H2,1-5H3/t26?,31-/m1/s1. The van der Waals surface area contributed by atoms with Gasteiger partial charge in [-0.2, -0.15) is 17.9 Å². The van der Waals surface area contributed by atoms with Gasteiger partial charge in [-0.15, -0.1) is 0 Å². The molecule has 7 nitrogen and oxygen atoms in total. The first-order valence-electron chi connectivity index (χ1n) is 17.0. The van der Waals surface area contributed by atoms with E-state index in [1.54, 1.807) is 0 Å². The van der Waals surface area contributed by atoms with Crippen molar-refractivity contribution in [2.45, 2.75) is 127 Å². The molecule has 2 aromatic rings. The van der Waals surface area contributed by atoms with Crippen molar-refractivity contribution >= 4 is 8.32 Å². The molecular weight excluding hydrogens is 613 g/mol. The van der Waals surface area contributed by atoms with Gasteiger partial charge >= 0.3 is 6.18 Å². The second-order valence-electron chi connectivity index (χ2n) is 15.9.